The van der Waals surface area contributed by atoms with Crippen molar-refractivity contribution in [3.8, 4) is 11.6 Å². The van der Waals surface area contributed by atoms with Gasteiger partial charge in [0.25, 0.3) is 0 Å². The highest BCUT2D eigenvalue weighted by Gasteiger charge is 2.07. The van der Waals surface area contributed by atoms with E-state index in [0.717, 1.165) is 18.3 Å². The third-order valence-electron chi connectivity index (χ3n) is 1.73. The van der Waals surface area contributed by atoms with E-state index in [4.69, 9.17) is 4.74 Å². The number of nitrogens with zero attached hydrogens (tertiary/aromatic N) is 2. The van der Waals surface area contributed by atoms with Crippen molar-refractivity contribution in [2.45, 2.75) is 0 Å². The number of ether oxygens (including phenoxy) is 1. The van der Waals surface area contributed by atoms with Gasteiger partial charge in [-0.1, -0.05) is 15.9 Å². The van der Waals surface area contributed by atoms with E-state index in [0.29, 0.717) is 5.88 Å². The van der Waals surface area contributed by atoms with Gasteiger partial charge in [-0.2, -0.15) is 0 Å². The lowest BCUT2D eigenvalue weighted by Crippen LogP contribution is -1.92. The maximum atomic E-state index is 5.67. The summed E-state index contributed by atoms with van der Waals surface area (Å²) in [4.78, 5) is 7.97. The third kappa shape index (κ3) is 2.92. The Bertz CT molecular complexity index is 522. The molecule has 0 bridgehead atoms. The predicted octanol–water partition coefficient (Wildman–Crippen LogP) is 4.40. The molecule has 0 N–H and O–H groups in total. The molecule has 0 saturated heterocycles. The van der Waals surface area contributed by atoms with Gasteiger partial charge < -0.3 is 4.74 Å². The molecule has 0 saturated carbocycles. The van der Waals surface area contributed by atoms with E-state index in [9.17, 15) is 0 Å². The summed E-state index contributed by atoms with van der Waals surface area (Å²) in [5, 5.41) is 0. The van der Waals surface area contributed by atoms with Gasteiger partial charge >= 0.3 is 0 Å². The van der Waals surface area contributed by atoms with Crippen LogP contribution in [0.2, 0.25) is 0 Å². The summed E-state index contributed by atoms with van der Waals surface area (Å²) in [6.07, 6.45) is 3.17. The van der Waals surface area contributed by atoms with Crippen LogP contribution in [-0.4, -0.2) is 9.97 Å². The lowest BCUT2D eigenvalue weighted by Gasteiger charge is -2.07. The Labute approximate surface area is 123 Å². The number of hydrogen-bond acceptors (Lipinski definition) is 3. The van der Waals surface area contributed by atoms with Gasteiger partial charge in [-0.25, -0.2) is 9.97 Å². The molecule has 0 amide bonds. The van der Waals surface area contributed by atoms with E-state index >= 15 is 0 Å². The zero-order chi connectivity index (χ0) is 11.5. The Kier molecular flexibility index (Phi) is 4.15. The van der Waals surface area contributed by atoms with Crippen LogP contribution < -0.4 is 4.74 Å². The van der Waals surface area contributed by atoms with Crippen molar-refractivity contribution in [3.05, 3.63) is 43.2 Å². The molecule has 2 aromatic rings. The predicted molar refractivity (Wildman–Crippen MR) is 76.7 cm³/mol. The summed E-state index contributed by atoms with van der Waals surface area (Å²) in [6, 6.07) is 5.70. The van der Waals surface area contributed by atoms with E-state index < -0.39 is 0 Å². The van der Waals surface area contributed by atoms with Gasteiger partial charge in [0.1, 0.15) is 12.1 Å². The first-order valence-corrected chi connectivity index (χ1v) is 6.91. The van der Waals surface area contributed by atoms with Gasteiger partial charge in [0.05, 0.1) is 8.04 Å². The normalized spacial score (nSPS) is 10.2. The lowest BCUT2D eigenvalue weighted by molar-refractivity contribution is 0.454. The maximum absolute atomic E-state index is 5.67. The molecule has 6 heteroatoms. The first-order valence-electron chi connectivity index (χ1n) is 4.25. The van der Waals surface area contributed by atoms with Crippen LogP contribution in [0, 0.1) is 3.57 Å². The Hall–Kier alpha value is -0.210. The molecular formula is C10H5Br2IN2O. The van der Waals surface area contributed by atoms with E-state index in [2.05, 4.69) is 64.4 Å². The van der Waals surface area contributed by atoms with E-state index in [1.165, 1.54) is 6.33 Å². The Morgan fingerprint density at radius 3 is 2.75 bits per heavy atom. The lowest BCUT2D eigenvalue weighted by atomic mass is 10.3. The molecule has 3 nitrogen and oxygen atoms in total. The molecule has 82 valence electrons. The highest BCUT2D eigenvalue weighted by Crippen LogP contribution is 2.32. The maximum Gasteiger partial charge on any atom is 0.235 e. The topological polar surface area (TPSA) is 35.0 Å². The average Bonchev–Trinajstić information content (AvgIpc) is 2.25. The van der Waals surface area contributed by atoms with Crippen molar-refractivity contribution in [1.82, 2.24) is 9.97 Å². The van der Waals surface area contributed by atoms with Crippen molar-refractivity contribution in [1.29, 1.82) is 0 Å². The van der Waals surface area contributed by atoms with Gasteiger partial charge in [-0.15, -0.1) is 0 Å². The highest BCUT2D eigenvalue weighted by atomic mass is 127. The minimum absolute atomic E-state index is 0.554. The molecular weight excluding hydrogens is 451 g/mol. The second-order valence-corrected chi connectivity index (χ2v) is 5.78. The fourth-order valence-electron chi connectivity index (χ4n) is 1.04. The average molecular weight is 456 g/mol. The number of benzene rings is 1. The van der Waals surface area contributed by atoms with Gasteiger partial charge in [0.15, 0.2) is 0 Å². The summed E-state index contributed by atoms with van der Waals surface area (Å²) in [5.41, 5.74) is 0. The van der Waals surface area contributed by atoms with Crippen LogP contribution >= 0.6 is 54.5 Å². The van der Waals surface area contributed by atoms with E-state index in [-0.39, 0.29) is 0 Å². The quantitative estimate of drug-likeness (QED) is 0.630. The summed E-state index contributed by atoms with van der Waals surface area (Å²) in [5.74, 6) is 1.28. The highest BCUT2D eigenvalue weighted by molar-refractivity contribution is 14.1. The summed E-state index contributed by atoms with van der Waals surface area (Å²) < 4.78 is 8.40. The van der Waals surface area contributed by atoms with Crippen molar-refractivity contribution >= 4 is 54.5 Å². The monoisotopic (exact) mass is 454 g/mol. The van der Waals surface area contributed by atoms with Gasteiger partial charge in [0.2, 0.25) is 5.88 Å². The van der Waals surface area contributed by atoms with Crippen molar-refractivity contribution < 1.29 is 4.74 Å². The van der Waals surface area contributed by atoms with Gasteiger partial charge in [-0.3, -0.25) is 0 Å². The van der Waals surface area contributed by atoms with Crippen molar-refractivity contribution in [2.75, 3.05) is 0 Å². The summed E-state index contributed by atoms with van der Waals surface area (Å²) >= 11 is 8.94. The molecule has 1 aromatic heterocycles. The molecule has 0 fully saturated rings. The van der Waals surface area contributed by atoms with Crippen LogP contribution in [-0.2, 0) is 0 Å². The van der Waals surface area contributed by atoms with Gasteiger partial charge in [0, 0.05) is 10.7 Å². The molecule has 0 aliphatic rings. The largest absolute Gasteiger partial charge is 0.437 e. The molecule has 0 aliphatic carbocycles. The van der Waals surface area contributed by atoms with Crippen LogP contribution in [0.25, 0.3) is 0 Å². The molecule has 0 aliphatic heterocycles. The number of aromatic nitrogens is 2. The second kappa shape index (κ2) is 5.42. The fourth-order valence-corrected chi connectivity index (χ4v) is 2.58. The molecule has 1 aromatic carbocycles. The van der Waals surface area contributed by atoms with Crippen LogP contribution in [0.3, 0.4) is 0 Å². The standard InChI is InChI=1S/C10H5Br2IN2O/c11-6-1-2-9(7(12)3-6)16-10-8(13)4-14-5-15-10/h1-5H. The van der Waals surface area contributed by atoms with E-state index in [1.54, 1.807) is 6.20 Å². The molecule has 2 rings (SSSR count). The van der Waals surface area contributed by atoms with E-state index in [1.807, 2.05) is 18.2 Å². The molecule has 0 unspecified atom stereocenters. The third-order valence-corrected chi connectivity index (χ3v) is 3.59. The summed E-state index contributed by atoms with van der Waals surface area (Å²) in [6.45, 7) is 0. The van der Waals surface area contributed by atoms with Crippen LogP contribution in [0.4, 0.5) is 0 Å². The zero-order valence-corrected chi connectivity index (χ0v) is 13.2. The molecule has 16 heavy (non-hydrogen) atoms. The van der Waals surface area contributed by atoms with Crippen molar-refractivity contribution in [2.24, 2.45) is 0 Å². The number of halogens is 3. The zero-order valence-electron chi connectivity index (χ0n) is 7.82. The first-order chi connectivity index (χ1) is 7.66. The minimum Gasteiger partial charge on any atom is -0.437 e. The number of rotatable bonds is 2. The van der Waals surface area contributed by atoms with Crippen LogP contribution in [0.15, 0.2) is 39.7 Å². The molecule has 0 spiro atoms. The molecule has 0 atom stereocenters. The minimum atomic E-state index is 0.554. The SMILES string of the molecule is Brc1ccc(Oc2ncncc2I)c(Br)c1. The Morgan fingerprint density at radius 2 is 2.06 bits per heavy atom. The first kappa shape index (κ1) is 12.3. The van der Waals surface area contributed by atoms with Crippen LogP contribution in [0.1, 0.15) is 0 Å². The van der Waals surface area contributed by atoms with Crippen LogP contribution in [0.5, 0.6) is 11.6 Å². The Balaban J connectivity index is 2.31. The van der Waals surface area contributed by atoms with Crippen molar-refractivity contribution in [3.63, 3.8) is 0 Å². The Morgan fingerprint density at radius 1 is 1.25 bits per heavy atom. The fraction of sp³-hybridized carbons (Fsp3) is 0. The summed E-state index contributed by atoms with van der Waals surface area (Å²) in [7, 11) is 0. The molecule has 1 heterocycles. The number of hydrogen-bond donors (Lipinski definition) is 0. The molecule has 0 radical (unpaired) electrons. The smallest absolute Gasteiger partial charge is 0.235 e. The van der Waals surface area contributed by atoms with Gasteiger partial charge in [-0.05, 0) is 56.7 Å². The second-order valence-electron chi connectivity index (χ2n) is 2.85.